The number of amides is 5. The Bertz CT molecular complexity index is 1260. The molecule has 0 fully saturated rings. The van der Waals surface area contributed by atoms with Crippen LogP contribution in [-0.2, 0) is 30.5 Å². The van der Waals surface area contributed by atoms with Crippen molar-refractivity contribution in [1.82, 2.24) is 10.6 Å². The molecule has 12 heteroatoms. The molecule has 0 unspecified atom stereocenters. The molecule has 0 aromatic heterocycles. The number of rotatable bonds is 12. The lowest BCUT2D eigenvalue weighted by molar-refractivity contribution is -0.140. The van der Waals surface area contributed by atoms with Gasteiger partial charge in [0.1, 0.15) is 6.61 Å². The molecule has 41 heavy (non-hydrogen) atoms. The summed E-state index contributed by atoms with van der Waals surface area (Å²) in [6, 6.07) is 11.2. The van der Waals surface area contributed by atoms with E-state index in [0.717, 1.165) is 0 Å². The maximum Gasteiger partial charge on any atom is 0.407 e. The normalized spacial score (nSPS) is 13.0. The Morgan fingerprint density at radius 1 is 0.951 bits per heavy atom. The van der Waals surface area contributed by atoms with Gasteiger partial charge in [-0.3, -0.25) is 14.4 Å². The quantitative estimate of drug-likeness (QED) is 0.156. The van der Waals surface area contributed by atoms with Crippen LogP contribution in [0.15, 0.2) is 73.8 Å². The lowest BCUT2D eigenvalue weighted by atomic mass is 10.2. The van der Waals surface area contributed by atoms with Crippen molar-refractivity contribution >= 4 is 47.0 Å². The molecule has 12 nitrogen and oxygen atoms in total. The van der Waals surface area contributed by atoms with Crippen LogP contribution in [0.2, 0.25) is 0 Å². The van der Waals surface area contributed by atoms with Crippen molar-refractivity contribution in [3.63, 3.8) is 0 Å². The standard InChI is InChI=1S/C29H33N5O7/c1-4-16-33-22-12-6-7-13-23(22)34(17-5-2)27(37)25(26(33)36)32-28(38)31-21-11-8-10-20(18-21)19-41-29(39)30-15-9-14-24(35)40-3/h4-8,10-13,18,25H,1-2,9,14-17,19H2,3H3,(H,30,39)(H2,31,32,38). The molecule has 1 heterocycles. The molecule has 0 radical (unpaired) electrons. The van der Waals surface area contributed by atoms with E-state index in [1.807, 2.05) is 0 Å². The number of fused-ring (bicyclic) bond motifs is 1. The molecule has 3 rings (SSSR count). The fraction of sp³-hybridized carbons (Fsp3) is 0.276. The number of carbonyl (C=O) groups excluding carboxylic acids is 5. The average Bonchev–Trinajstić information content (AvgIpc) is 3.04. The van der Waals surface area contributed by atoms with Crippen molar-refractivity contribution in [1.29, 1.82) is 0 Å². The van der Waals surface area contributed by atoms with Gasteiger partial charge in [-0.2, -0.15) is 0 Å². The Kier molecular flexibility index (Phi) is 11.0. The van der Waals surface area contributed by atoms with Gasteiger partial charge in [-0.05, 0) is 36.2 Å². The van der Waals surface area contributed by atoms with Crippen LogP contribution in [0.3, 0.4) is 0 Å². The Labute approximate surface area is 238 Å². The molecule has 1 aliphatic rings. The van der Waals surface area contributed by atoms with Crippen molar-refractivity contribution in [2.24, 2.45) is 0 Å². The fourth-order valence-electron chi connectivity index (χ4n) is 4.10. The predicted molar refractivity (Wildman–Crippen MR) is 153 cm³/mol. The number of ether oxygens (including phenoxy) is 2. The van der Waals surface area contributed by atoms with E-state index in [-0.39, 0.29) is 38.6 Å². The van der Waals surface area contributed by atoms with Gasteiger partial charge in [-0.15, -0.1) is 13.2 Å². The number of carbonyl (C=O) groups is 5. The molecule has 3 N–H and O–H groups in total. The van der Waals surface area contributed by atoms with Gasteiger partial charge in [0.2, 0.25) is 0 Å². The van der Waals surface area contributed by atoms with E-state index in [4.69, 9.17) is 4.74 Å². The van der Waals surface area contributed by atoms with Gasteiger partial charge in [0.05, 0.1) is 18.5 Å². The van der Waals surface area contributed by atoms with E-state index in [1.54, 1.807) is 48.5 Å². The van der Waals surface area contributed by atoms with Gasteiger partial charge >= 0.3 is 18.1 Å². The van der Waals surface area contributed by atoms with Crippen LogP contribution in [0.1, 0.15) is 18.4 Å². The van der Waals surface area contributed by atoms with Crippen molar-refractivity contribution in [3.8, 4) is 0 Å². The Balaban J connectivity index is 1.65. The summed E-state index contributed by atoms with van der Waals surface area (Å²) in [4.78, 5) is 65.7. The number of para-hydroxylation sites is 2. The lowest BCUT2D eigenvalue weighted by Gasteiger charge is -2.23. The minimum absolute atomic E-state index is 0.0785. The van der Waals surface area contributed by atoms with Crippen LogP contribution in [0, 0.1) is 0 Å². The largest absolute Gasteiger partial charge is 0.469 e. The highest BCUT2D eigenvalue weighted by Gasteiger charge is 2.40. The molecule has 2 aromatic carbocycles. The summed E-state index contributed by atoms with van der Waals surface area (Å²) < 4.78 is 9.71. The number of hydrogen-bond donors (Lipinski definition) is 3. The molecule has 0 saturated carbocycles. The molecule has 0 saturated heterocycles. The zero-order chi connectivity index (χ0) is 29.8. The van der Waals surface area contributed by atoms with E-state index >= 15 is 0 Å². The third-order valence-corrected chi connectivity index (χ3v) is 6.00. The van der Waals surface area contributed by atoms with Gasteiger partial charge < -0.3 is 35.2 Å². The highest BCUT2D eigenvalue weighted by atomic mass is 16.5. The predicted octanol–water partition coefficient (Wildman–Crippen LogP) is 3.11. The number of anilines is 3. The summed E-state index contributed by atoms with van der Waals surface area (Å²) in [6.07, 6.45) is 3.00. The second kappa shape index (κ2) is 14.9. The summed E-state index contributed by atoms with van der Waals surface area (Å²) in [5.41, 5.74) is 1.96. The molecule has 1 aliphatic heterocycles. The highest BCUT2D eigenvalue weighted by Crippen LogP contribution is 2.33. The van der Waals surface area contributed by atoms with Crippen LogP contribution in [0.5, 0.6) is 0 Å². The summed E-state index contributed by atoms with van der Waals surface area (Å²) in [7, 11) is 1.29. The topological polar surface area (TPSA) is 146 Å². The smallest absolute Gasteiger partial charge is 0.407 e. The number of esters is 1. The minimum atomic E-state index is -1.50. The van der Waals surface area contributed by atoms with E-state index < -0.39 is 30.0 Å². The summed E-state index contributed by atoms with van der Waals surface area (Å²) in [5.74, 6) is -1.58. The van der Waals surface area contributed by atoms with Crippen LogP contribution in [0.4, 0.5) is 26.7 Å². The monoisotopic (exact) mass is 563 g/mol. The van der Waals surface area contributed by atoms with Gasteiger partial charge in [0, 0.05) is 31.7 Å². The van der Waals surface area contributed by atoms with Crippen LogP contribution in [0.25, 0.3) is 0 Å². The Morgan fingerprint density at radius 2 is 1.59 bits per heavy atom. The molecule has 0 spiro atoms. The van der Waals surface area contributed by atoms with Crippen molar-refractivity contribution in [2.45, 2.75) is 25.5 Å². The molecule has 2 aromatic rings. The van der Waals surface area contributed by atoms with E-state index in [0.29, 0.717) is 29.0 Å². The second-order valence-corrected chi connectivity index (χ2v) is 8.88. The molecule has 5 amide bonds. The van der Waals surface area contributed by atoms with E-state index in [9.17, 15) is 24.0 Å². The first kappa shape index (κ1) is 30.4. The maximum atomic E-state index is 13.5. The number of nitrogens with zero attached hydrogens (tertiary/aromatic N) is 2. The lowest BCUT2D eigenvalue weighted by Crippen LogP contribution is -2.56. The van der Waals surface area contributed by atoms with E-state index in [1.165, 1.54) is 29.1 Å². The second-order valence-electron chi connectivity index (χ2n) is 8.88. The summed E-state index contributed by atoms with van der Waals surface area (Å²) >= 11 is 0. The zero-order valence-corrected chi connectivity index (χ0v) is 22.8. The fourth-order valence-corrected chi connectivity index (χ4v) is 4.10. The van der Waals surface area contributed by atoms with Gasteiger partial charge in [-0.25, -0.2) is 9.59 Å². The number of nitrogens with one attached hydrogen (secondary N) is 3. The van der Waals surface area contributed by atoms with Gasteiger partial charge in [0.15, 0.2) is 6.04 Å². The summed E-state index contributed by atoms with van der Waals surface area (Å²) in [6.45, 7) is 7.85. The van der Waals surface area contributed by atoms with Crippen molar-refractivity contribution < 1.29 is 33.4 Å². The number of alkyl carbamates (subject to hydrolysis) is 1. The van der Waals surface area contributed by atoms with E-state index in [2.05, 4.69) is 33.8 Å². The number of methoxy groups -OCH3 is 1. The number of hydrogen-bond acceptors (Lipinski definition) is 7. The van der Waals surface area contributed by atoms with Crippen molar-refractivity contribution in [2.75, 3.05) is 41.9 Å². The zero-order valence-electron chi connectivity index (χ0n) is 22.8. The first-order valence-corrected chi connectivity index (χ1v) is 12.9. The first-order chi connectivity index (χ1) is 19.8. The molecule has 0 bridgehead atoms. The minimum Gasteiger partial charge on any atom is -0.469 e. The molecule has 0 aliphatic carbocycles. The Hall–Kier alpha value is -5.13. The highest BCUT2D eigenvalue weighted by molar-refractivity contribution is 6.21. The third-order valence-electron chi connectivity index (χ3n) is 6.00. The number of urea groups is 1. The van der Waals surface area contributed by atoms with Crippen LogP contribution >= 0.6 is 0 Å². The SMILES string of the molecule is C=CCN1C(=O)C(NC(=O)Nc2cccc(COC(=O)NCCCC(=O)OC)c2)C(=O)N(CC=C)c2ccccc21. The maximum absolute atomic E-state index is 13.5. The average molecular weight is 564 g/mol. The molecule has 0 atom stereocenters. The first-order valence-electron chi connectivity index (χ1n) is 12.9. The molecular formula is C29H33N5O7. The molecule has 216 valence electrons. The summed E-state index contributed by atoms with van der Waals surface area (Å²) in [5, 5.41) is 7.66. The number of benzene rings is 2. The van der Waals surface area contributed by atoms with Gasteiger partial charge in [0.25, 0.3) is 11.8 Å². The van der Waals surface area contributed by atoms with Crippen molar-refractivity contribution in [3.05, 3.63) is 79.4 Å². The Morgan fingerprint density at radius 3 is 2.17 bits per heavy atom. The van der Waals surface area contributed by atoms with Gasteiger partial charge in [-0.1, -0.05) is 36.4 Å². The van der Waals surface area contributed by atoms with Crippen LogP contribution < -0.4 is 25.8 Å². The third kappa shape index (κ3) is 8.18. The van der Waals surface area contributed by atoms with Crippen LogP contribution in [-0.4, -0.2) is 62.7 Å². The molecular weight excluding hydrogens is 530 g/mol.